The first kappa shape index (κ1) is 33.1. The number of benzene rings is 8. The van der Waals surface area contributed by atoms with Gasteiger partial charge in [-0.05, 0) is 85.3 Å². The van der Waals surface area contributed by atoms with Crippen LogP contribution in [0.2, 0.25) is 0 Å². The first-order valence-corrected chi connectivity index (χ1v) is 19.5. The van der Waals surface area contributed by atoms with E-state index in [0.717, 1.165) is 60.8 Å². The molecule has 0 unspecified atom stereocenters. The zero-order chi connectivity index (χ0) is 38.1. The molecule has 1 aliphatic carbocycles. The summed E-state index contributed by atoms with van der Waals surface area (Å²) in [6.45, 7) is 4.66. The highest BCUT2D eigenvalue weighted by Gasteiger charge is 2.36. The molecular formula is C53H36N4. The topological polar surface area (TPSA) is 51.6 Å². The van der Waals surface area contributed by atoms with Gasteiger partial charge in [-0.2, -0.15) is 0 Å². The van der Waals surface area contributed by atoms with Crippen LogP contribution in [0.4, 0.5) is 0 Å². The van der Waals surface area contributed by atoms with Crippen LogP contribution in [0.25, 0.3) is 100 Å². The zero-order valence-corrected chi connectivity index (χ0v) is 31.6. The minimum atomic E-state index is -0.142. The van der Waals surface area contributed by atoms with Gasteiger partial charge in [0.25, 0.3) is 0 Å². The van der Waals surface area contributed by atoms with E-state index in [0.29, 0.717) is 17.5 Å². The predicted octanol–water partition coefficient (Wildman–Crippen LogP) is 13.4. The van der Waals surface area contributed by atoms with Crippen molar-refractivity contribution in [3.05, 3.63) is 193 Å². The number of hydrogen-bond acceptors (Lipinski definition) is 4. The van der Waals surface area contributed by atoms with Crippen LogP contribution in [0.1, 0.15) is 25.0 Å². The van der Waals surface area contributed by atoms with Crippen molar-refractivity contribution < 1.29 is 0 Å². The van der Waals surface area contributed by atoms with E-state index in [1.165, 1.54) is 33.0 Å². The summed E-state index contributed by atoms with van der Waals surface area (Å²) in [5.41, 5.74) is 13.2. The summed E-state index contributed by atoms with van der Waals surface area (Å²) in [7, 11) is 0. The molecule has 2 heterocycles. The van der Waals surface area contributed by atoms with Gasteiger partial charge in [0.15, 0.2) is 17.5 Å². The van der Waals surface area contributed by atoms with Crippen LogP contribution in [-0.4, -0.2) is 19.9 Å². The second kappa shape index (κ2) is 12.9. The van der Waals surface area contributed by atoms with Gasteiger partial charge in [-0.3, -0.25) is 0 Å². The molecule has 0 aliphatic heterocycles. The average Bonchev–Trinajstić information content (AvgIpc) is 3.50. The summed E-state index contributed by atoms with van der Waals surface area (Å²) in [5, 5.41) is 5.73. The monoisotopic (exact) mass is 728 g/mol. The molecule has 11 rings (SSSR count). The number of nitrogens with zero attached hydrogens (tertiary/aromatic N) is 4. The Kier molecular flexibility index (Phi) is 7.48. The van der Waals surface area contributed by atoms with Gasteiger partial charge in [-0.25, -0.2) is 19.9 Å². The number of pyridine rings is 1. The molecule has 4 nitrogen and oxygen atoms in total. The lowest BCUT2D eigenvalue weighted by Crippen LogP contribution is -2.14. The second-order valence-corrected chi connectivity index (χ2v) is 15.4. The van der Waals surface area contributed by atoms with Gasteiger partial charge in [-0.15, -0.1) is 0 Å². The minimum Gasteiger partial charge on any atom is -0.248 e. The van der Waals surface area contributed by atoms with Crippen LogP contribution in [0.15, 0.2) is 182 Å². The molecule has 0 bridgehead atoms. The summed E-state index contributed by atoms with van der Waals surface area (Å²) < 4.78 is 0. The normalized spacial score (nSPS) is 12.9. The van der Waals surface area contributed by atoms with Gasteiger partial charge in [-0.1, -0.05) is 166 Å². The Hall–Kier alpha value is -7.30. The van der Waals surface area contributed by atoms with Gasteiger partial charge in [0, 0.05) is 33.1 Å². The quantitative estimate of drug-likeness (QED) is 0.177. The van der Waals surface area contributed by atoms with Gasteiger partial charge in [0.2, 0.25) is 0 Å². The molecule has 0 amide bonds. The molecule has 2 aromatic heterocycles. The van der Waals surface area contributed by atoms with Crippen LogP contribution in [0.5, 0.6) is 0 Å². The molecular weight excluding hydrogens is 693 g/mol. The third-order valence-electron chi connectivity index (χ3n) is 11.7. The molecule has 0 N–H and O–H groups in total. The number of hydrogen-bond donors (Lipinski definition) is 0. The molecule has 8 aromatic carbocycles. The second-order valence-electron chi connectivity index (χ2n) is 15.4. The van der Waals surface area contributed by atoms with Crippen molar-refractivity contribution in [1.82, 2.24) is 19.9 Å². The molecule has 0 atom stereocenters. The molecule has 0 spiro atoms. The highest BCUT2D eigenvalue weighted by atomic mass is 15.0. The molecule has 4 heteroatoms. The SMILES string of the molecule is CC1(C)c2ccccc2-c2cc3c(-c4ccc(-c5nc(-c6ccccc6)nc(-c6ccccc6)n5)c5ccccc45)cc(-c4ccc5ccccc5c4)nc3cc21. The Labute approximate surface area is 331 Å². The lowest BCUT2D eigenvalue weighted by atomic mass is 9.82. The summed E-state index contributed by atoms with van der Waals surface area (Å²) in [6.07, 6.45) is 0. The Morgan fingerprint density at radius 3 is 1.67 bits per heavy atom. The fourth-order valence-electron chi connectivity index (χ4n) is 8.80. The Morgan fingerprint density at radius 2 is 0.930 bits per heavy atom. The Morgan fingerprint density at radius 1 is 0.333 bits per heavy atom. The molecule has 0 saturated carbocycles. The van der Waals surface area contributed by atoms with Gasteiger partial charge < -0.3 is 0 Å². The summed E-state index contributed by atoms with van der Waals surface area (Å²) in [5.74, 6) is 1.92. The third-order valence-corrected chi connectivity index (χ3v) is 11.7. The fraction of sp³-hybridized carbons (Fsp3) is 0.0566. The van der Waals surface area contributed by atoms with Crippen LogP contribution in [0.3, 0.4) is 0 Å². The van der Waals surface area contributed by atoms with Crippen molar-refractivity contribution in [3.8, 4) is 67.7 Å². The van der Waals surface area contributed by atoms with Gasteiger partial charge in [0.05, 0.1) is 11.2 Å². The van der Waals surface area contributed by atoms with E-state index in [1.807, 2.05) is 60.7 Å². The van der Waals surface area contributed by atoms with Crippen LogP contribution >= 0.6 is 0 Å². The zero-order valence-electron chi connectivity index (χ0n) is 31.6. The number of aromatic nitrogens is 4. The predicted molar refractivity (Wildman–Crippen MR) is 235 cm³/mol. The lowest BCUT2D eigenvalue weighted by Gasteiger charge is -2.22. The molecule has 1 aliphatic rings. The summed E-state index contributed by atoms with van der Waals surface area (Å²) >= 11 is 0. The molecule has 0 radical (unpaired) electrons. The third kappa shape index (κ3) is 5.44. The number of rotatable bonds is 5. The van der Waals surface area contributed by atoms with Crippen molar-refractivity contribution in [1.29, 1.82) is 0 Å². The van der Waals surface area contributed by atoms with E-state index in [4.69, 9.17) is 19.9 Å². The van der Waals surface area contributed by atoms with Crippen molar-refractivity contribution in [2.75, 3.05) is 0 Å². The van der Waals surface area contributed by atoms with Crippen molar-refractivity contribution >= 4 is 32.4 Å². The van der Waals surface area contributed by atoms with Crippen LogP contribution < -0.4 is 0 Å². The van der Waals surface area contributed by atoms with Crippen LogP contribution in [0, 0.1) is 0 Å². The van der Waals surface area contributed by atoms with Gasteiger partial charge in [0.1, 0.15) is 0 Å². The highest BCUT2D eigenvalue weighted by Crippen LogP contribution is 2.51. The molecule has 0 saturated heterocycles. The average molecular weight is 729 g/mol. The van der Waals surface area contributed by atoms with Crippen LogP contribution in [-0.2, 0) is 5.41 Å². The smallest absolute Gasteiger partial charge is 0.164 e. The van der Waals surface area contributed by atoms with E-state index in [-0.39, 0.29) is 5.41 Å². The Balaban J connectivity index is 1.16. The largest absolute Gasteiger partial charge is 0.248 e. The highest BCUT2D eigenvalue weighted by molar-refractivity contribution is 6.10. The Bertz CT molecular complexity index is 3150. The first-order chi connectivity index (χ1) is 28.0. The fourth-order valence-corrected chi connectivity index (χ4v) is 8.80. The standard InChI is InChI=1S/C53H36N4/c1-53(2)46-24-14-13-23-41(46)44-30-45-43(31-48(54-49(45)32-47(44)53)37-26-25-33-15-9-10-20-36(33)29-37)40-27-28-42(39-22-12-11-21-38(39)40)52-56-50(34-16-5-3-6-17-34)55-51(57-52)35-18-7-4-8-19-35/h3-32H,1-2H3. The number of fused-ring (bicyclic) bond motifs is 6. The van der Waals surface area contributed by atoms with E-state index >= 15 is 0 Å². The van der Waals surface area contributed by atoms with Crippen molar-refractivity contribution in [2.24, 2.45) is 0 Å². The van der Waals surface area contributed by atoms with Crippen molar-refractivity contribution in [2.45, 2.75) is 19.3 Å². The maximum atomic E-state index is 5.44. The minimum absolute atomic E-state index is 0.142. The van der Waals surface area contributed by atoms with E-state index in [2.05, 4.69) is 135 Å². The van der Waals surface area contributed by atoms with E-state index in [1.54, 1.807) is 0 Å². The van der Waals surface area contributed by atoms with E-state index < -0.39 is 0 Å². The maximum Gasteiger partial charge on any atom is 0.164 e. The molecule has 57 heavy (non-hydrogen) atoms. The molecule has 268 valence electrons. The first-order valence-electron chi connectivity index (χ1n) is 19.5. The van der Waals surface area contributed by atoms with Gasteiger partial charge >= 0.3 is 0 Å². The maximum absolute atomic E-state index is 5.44. The molecule has 0 fully saturated rings. The summed E-state index contributed by atoms with van der Waals surface area (Å²) in [4.78, 5) is 20.6. The lowest BCUT2D eigenvalue weighted by molar-refractivity contribution is 0.661. The summed E-state index contributed by atoms with van der Waals surface area (Å²) in [6, 6.07) is 64.4. The van der Waals surface area contributed by atoms with Crippen molar-refractivity contribution in [3.63, 3.8) is 0 Å². The van der Waals surface area contributed by atoms with E-state index in [9.17, 15) is 0 Å². The molecule has 10 aromatic rings.